The molecule has 0 aromatic heterocycles. The van der Waals surface area contributed by atoms with Gasteiger partial charge in [0, 0.05) is 23.4 Å². The molecule has 0 amide bonds. The Morgan fingerprint density at radius 1 is 1.53 bits per heavy atom. The molecule has 0 saturated heterocycles. The molecule has 0 atom stereocenters. The zero-order chi connectivity index (χ0) is 10.8. The van der Waals surface area contributed by atoms with Crippen LogP contribution in [0.25, 0.3) is 0 Å². The van der Waals surface area contributed by atoms with Gasteiger partial charge in [0.25, 0.3) is 0 Å². The van der Waals surface area contributed by atoms with Gasteiger partial charge in [0.15, 0.2) is 5.78 Å². The van der Waals surface area contributed by atoms with Crippen molar-refractivity contribution in [1.82, 2.24) is 0 Å². The molecular weight excluding hydrogens is 214 g/mol. The van der Waals surface area contributed by atoms with Crippen LogP contribution in [0.15, 0.2) is 12.1 Å². The second-order valence-corrected chi connectivity index (χ2v) is 4.01. The molecule has 2 rings (SSSR count). The Balaban J connectivity index is 2.34. The summed E-state index contributed by atoms with van der Waals surface area (Å²) in [4.78, 5) is 11.3. The fraction of sp³-hybridized carbons (Fsp3) is 0.364. The Morgan fingerprint density at radius 3 is 3.07 bits per heavy atom. The zero-order valence-electron chi connectivity index (χ0n) is 8.25. The Hall–Kier alpha value is -1.06. The van der Waals surface area contributed by atoms with E-state index in [-0.39, 0.29) is 12.3 Å². The third-order valence-electron chi connectivity index (χ3n) is 2.44. The number of ether oxygens (including phenoxy) is 1. The molecule has 0 radical (unpaired) electrons. The third kappa shape index (κ3) is 2.13. The highest BCUT2D eigenvalue weighted by Gasteiger charge is 2.18. The van der Waals surface area contributed by atoms with Crippen LogP contribution in [0.5, 0.6) is 5.75 Å². The SMILES string of the molecule is NCC(=O)Cc1cc(Cl)cc2c1OCC2. The van der Waals surface area contributed by atoms with E-state index < -0.39 is 0 Å². The summed E-state index contributed by atoms with van der Waals surface area (Å²) in [5.41, 5.74) is 7.22. The van der Waals surface area contributed by atoms with Crippen LogP contribution in [-0.2, 0) is 17.6 Å². The summed E-state index contributed by atoms with van der Waals surface area (Å²) in [6.45, 7) is 0.723. The predicted octanol–water partition coefficient (Wildman–Crippen LogP) is 1.35. The van der Waals surface area contributed by atoms with Crippen molar-refractivity contribution in [2.75, 3.05) is 13.2 Å². The first-order chi connectivity index (χ1) is 7.20. The first kappa shape index (κ1) is 10.5. The molecule has 1 aliphatic rings. The van der Waals surface area contributed by atoms with Gasteiger partial charge in [-0.3, -0.25) is 4.79 Å². The molecule has 4 heteroatoms. The molecule has 0 saturated carbocycles. The maximum atomic E-state index is 11.3. The van der Waals surface area contributed by atoms with Gasteiger partial charge in [-0.25, -0.2) is 0 Å². The number of hydrogen-bond acceptors (Lipinski definition) is 3. The topological polar surface area (TPSA) is 52.3 Å². The van der Waals surface area contributed by atoms with Crippen LogP contribution in [0.1, 0.15) is 11.1 Å². The molecule has 2 N–H and O–H groups in total. The maximum Gasteiger partial charge on any atom is 0.150 e. The summed E-state index contributed by atoms with van der Waals surface area (Å²) >= 11 is 5.96. The number of halogens is 1. The van der Waals surface area contributed by atoms with Gasteiger partial charge in [-0.05, 0) is 17.7 Å². The number of benzene rings is 1. The van der Waals surface area contributed by atoms with E-state index in [1.807, 2.05) is 6.07 Å². The number of carbonyl (C=O) groups is 1. The highest BCUT2D eigenvalue weighted by Crippen LogP contribution is 2.33. The van der Waals surface area contributed by atoms with Gasteiger partial charge in [-0.2, -0.15) is 0 Å². The van der Waals surface area contributed by atoms with E-state index in [1.165, 1.54) is 0 Å². The summed E-state index contributed by atoms with van der Waals surface area (Å²) in [5, 5.41) is 0.652. The molecule has 0 spiro atoms. The molecule has 1 aromatic carbocycles. The van der Waals surface area contributed by atoms with Crippen LogP contribution >= 0.6 is 11.6 Å². The molecule has 1 aliphatic heterocycles. The van der Waals surface area contributed by atoms with Crippen molar-refractivity contribution in [3.63, 3.8) is 0 Å². The first-order valence-corrected chi connectivity index (χ1v) is 5.24. The molecule has 80 valence electrons. The summed E-state index contributed by atoms with van der Waals surface area (Å²) < 4.78 is 5.48. The van der Waals surface area contributed by atoms with E-state index >= 15 is 0 Å². The smallest absolute Gasteiger partial charge is 0.150 e. The quantitative estimate of drug-likeness (QED) is 0.845. The Labute approximate surface area is 93.2 Å². The van der Waals surface area contributed by atoms with Gasteiger partial charge >= 0.3 is 0 Å². The van der Waals surface area contributed by atoms with Gasteiger partial charge in [0.05, 0.1) is 13.2 Å². The maximum absolute atomic E-state index is 11.3. The van der Waals surface area contributed by atoms with Crippen LogP contribution in [0.3, 0.4) is 0 Å². The minimum absolute atomic E-state index is 0.00466. The minimum Gasteiger partial charge on any atom is -0.493 e. The molecular formula is C11H12ClNO2. The summed E-state index contributed by atoms with van der Waals surface area (Å²) in [6, 6.07) is 3.67. The van der Waals surface area contributed by atoms with E-state index in [1.54, 1.807) is 6.07 Å². The van der Waals surface area contributed by atoms with Crippen LogP contribution in [0, 0.1) is 0 Å². The largest absolute Gasteiger partial charge is 0.493 e. The normalized spacial score (nSPS) is 13.5. The highest BCUT2D eigenvalue weighted by atomic mass is 35.5. The van der Waals surface area contributed by atoms with E-state index in [0.29, 0.717) is 18.1 Å². The molecule has 3 nitrogen and oxygen atoms in total. The summed E-state index contributed by atoms with van der Waals surface area (Å²) in [5.74, 6) is 0.816. The Bertz CT molecular complexity index is 404. The van der Waals surface area contributed by atoms with Crippen LogP contribution < -0.4 is 10.5 Å². The van der Waals surface area contributed by atoms with Crippen molar-refractivity contribution >= 4 is 17.4 Å². The Morgan fingerprint density at radius 2 is 2.33 bits per heavy atom. The van der Waals surface area contributed by atoms with Crippen molar-refractivity contribution in [2.24, 2.45) is 5.73 Å². The fourth-order valence-electron chi connectivity index (χ4n) is 1.76. The lowest BCUT2D eigenvalue weighted by Crippen LogP contribution is -2.16. The van der Waals surface area contributed by atoms with Gasteiger partial charge in [-0.1, -0.05) is 11.6 Å². The molecule has 1 heterocycles. The number of ketones is 1. The standard InChI is InChI=1S/C11H12ClNO2/c12-9-3-7-1-2-15-11(7)8(4-9)5-10(14)6-13/h3-4H,1-2,5-6,13H2. The number of carbonyl (C=O) groups excluding carboxylic acids is 1. The predicted molar refractivity (Wildman–Crippen MR) is 58.4 cm³/mol. The number of nitrogens with two attached hydrogens (primary N) is 1. The number of hydrogen-bond donors (Lipinski definition) is 1. The third-order valence-corrected chi connectivity index (χ3v) is 2.66. The molecule has 1 aromatic rings. The molecule has 0 aliphatic carbocycles. The lowest BCUT2D eigenvalue weighted by molar-refractivity contribution is -0.117. The lowest BCUT2D eigenvalue weighted by atomic mass is 10.0. The van der Waals surface area contributed by atoms with E-state index in [2.05, 4.69) is 0 Å². The minimum atomic E-state index is -0.00466. The van der Waals surface area contributed by atoms with E-state index in [0.717, 1.165) is 23.3 Å². The van der Waals surface area contributed by atoms with E-state index in [4.69, 9.17) is 22.1 Å². The second kappa shape index (κ2) is 4.21. The molecule has 0 unspecified atom stereocenters. The monoisotopic (exact) mass is 225 g/mol. The van der Waals surface area contributed by atoms with Gasteiger partial charge in [0.1, 0.15) is 5.75 Å². The van der Waals surface area contributed by atoms with Gasteiger partial charge < -0.3 is 10.5 Å². The summed E-state index contributed by atoms with van der Waals surface area (Å²) in [7, 11) is 0. The van der Waals surface area contributed by atoms with Crippen LogP contribution in [0.2, 0.25) is 5.02 Å². The van der Waals surface area contributed by atoms with Crippen molar-refractivity contribution in [3.8, 4) is 5.75 Å². The van der Waals surface area contributed by atoms with Crippen molar-refractivity contribution in [3.05, 3.63) is 28.3 Å². The molecule has 15 heavy (non-hydrogen) atoms. The first-order valence-electron chi connectivity index (χ1n) is 4.86. The average Bonchev–Trinajstić information content (AvgIpc) is 2.65. The highest BCUT2D eigenvalue weighted by molar-refractivity contribution is 6.30. The van der Waals surface area contributed by atoms with Crippen molar-refractivity contribution < 1.29 is 9.53 Å². The van der Waals surface area contributed by atoms with Crippen molar-refractivity contribution in [2.45, 2.75) is 12.8 Å². The lowest BCUT2D eigenvalue weighted by Gasteiger charge is -2.07. The fourth-order valence-corrected chi connectivity index (χ4v) is 2.03. The summed E-state index contributed by atoms with van der Waals surface area (Å²) in [6.07, 6.45) is 1.17. The molecule has 0 fully saturated rings. The van der Waals surface area contributed by atoms with Gasteiger partial charge in [-0.15, -0.1) is 0 Å². The molecule has 0 bridgehead atoms. The number of fused-ring (bicyclic) bond motifs is 1. The van der Waals surface area contributed by atoms with E-state index in [9.17, 15) is 4.79 Å². The van der Waals surface area contributed by atoms with Crippen molar-refractivity contribution in [1.29, 1.82) is 0 Å². The average molecular weight is 226 g/mol. The Kier molecular flexibility index (Phi) is 2.93. The zero-order valence-corrected chi connectivity index (χ0v) is 9.01. The van der Waals surface area contributed by atoms with Crippen LogP contribution in [-0.4, -0.2) is 18.9 Å². The van der Waals surface area contributed by atoms with Crippen LogP contribution in [0.4, 0.5) is 0 Å². The number of rotatable bonds is 3. The van der Waals surface area contributed by atoms with Gasteiger partial charge in [0.2, 0.25) is 0 Å². The number of Topliss-reactive ketones (excluding diaryl/α,β-unsaturated/α-hetero) is 1. The second-order valence-electron chi connectivity index (χ2n) is 3.57.